The van der Waals surface area contributed by atoms with Gasteiger partial charge in [-0.05, 0) is 55.5 Å². The molecule has 0 spiro atoms. The van der Waals surface area contributed by atoms with Crippen LogP contribution < -0.4 is 14.5 Å². The van der Waals surface area contributed by atoms with Gasteiger partial charge in [0.25, 0.3) is 0 Å². The number of sulfonamides is 1. The number of nitrogens with zero attached hydrogens (tertiary/aromatic N) is 2. The zero-order valence-electron chi connectivity index (χ0n) is 18.1. The van der Waals surface area contributed by atoms with Crippen LogP contribution in [-0.4, -0.2) is 39.7 Å². The molecule has 2 aromatic rings. The van der Waals surface area contributed by atoms with Gasteiger partial charge in [0.15, 0.2) is 0 Å². The van der Waals surface area contributed by atoms with Crippen molar-refractivity contribution >= 4 is 27.3 Å². The lowest BCUT2D eigenvalue weighted by atomic mass is 10.1. The van der Waals surface area contributed by atoms with Crippen LogP contribution in [0.25, 0.3) is 0 Å². The van der Waals surface area contributed by atoms with Crippen molar-refractivity contribution in [3.8, 4) is 0 Å². The van der Waals surface area contributed by atoms with E-state index in [-0.39, 0.29) is 18.7 Å². The Kier molecular flexibility index (Phi) is 7.54. The molecule has 0 bridgehead atoms. The molecule has 0 radical (unpaired) electrons. The van der Waals surface area contributed by atoms with Gasteiger partial charge < -0.3 is 10.2 Å². The molecule has 1 aliphatic rings. The maximum absolute atomic E-state index is 14.3. The monoisotopic (exact) mass is 447 g/mol. The minimum Gasteiger partial charge on any atom is -0.372 e. The van der Waals surface area contributed by atoms with Crippen LogP contribution >= 0.6 is 0 Å². The maximum atomic E-state index is 14.3. The Bertz CT molecular complexity index is 989. The van der Waals surface area contributed by atoms with Gasteiger partial charge in [-0.3, -0.25) is 9.10 Å². The first-order valence-corrected chi connectivity index (χ1v) is 12.5. The van der Waals surface area contributed by atoms with E-state index in [0.29, 0.717) is 0 Å². The molecule has 8 heteroatoms. The first kappa shape index (κ1) is 23.1. The molecule has 168 valence electrons. The molecule has 1 atom stereocenters. The molecule has 2 aromatic carbocycles. The molecule has 31 heavy (non-hydrogen) atoms. The highest BCUT2D eigenvalue weighted by Crippen LogP contribution is 2.25. The van der Waals surface area contributed by atoms with Crippen molar-refractivity contribution in [1.29, 1.82) is 0 Å². The fraction of sp³-hybridized carbons (Fsp3) is 0.435. The van der Waals surface area contributed by atoms with E-state index in [2.05, 4.69) is 10.2 Å². The first-order chi connectivity index (χ1) is 14.8. The van der Waals surface area contributed by atoms with Crippen LogP contribution in [0.1, 0.15) is 38.2 Å². The van der Waals surface area contributed by atoms with Crippen LogP contribution in [0.2, 0.25) is 0 Å². The largest absolute Gasteiger partial charge is 0.372 e. The van der Waals surface area contributed by atoms with Gasteiger partial charge in [-0.1, -0.05) is 31.2 Å². The van der Waals surface area contributed by atoms with Gasteiger partial charge >= 0.3 is 0 Å². The second-order valence-corrected chi connectivity index (χ2v) is 9.73. The predicted octanol–water partition coefficient (Wildman–Crippen LogP) is 3.68. The Morgan fingerprint density at radius 1 is 1.10 bits per heavy atom. The third-order valence-electron chi connectivity index (χ3n) is 5.54. The highest BCUT2D eigenvalue weighted by atomic mass is 32.2. The molecular weight excluding hydrogens is 417 g/mol. The van der Waals surface area contributed by atoms with Crippen molar-refractivity contribution in [3.63, 3.8) is 0 Å². The van der Waals surface area contributed by atoms with Crippen molar-refractivity contribution < 1.29 is 17.6 Å². The van der Waals surface area contributed by atoms with Gasteiger partial charge in [-0.2, -0.15) is 0 Å². The lowest BCUT2D eigenvalue weighted by Gasteiger charge is -2.30. The number of amides is 1. The molecule has 0 saturated carbocycles. The fourth-order valence-electron chi connectivity index (χ4n) is 3.95. The molecule has 0 unspecified atom stereocenters. The number of carbonyl (C=O) groups is 1. The molecule has 1 heterocycles. The van der Waals surface area contributed by atoms with Gasteiger partial charge in [0.1, 0.15) is 11.9 Å². The summed E-state index contributed by atoms with van der Waals surface area (Å²) in [4.78, 5) is 15.2. The smallest absolute Gasteiger partial charge is 0.244 e. The Labute approximate surface area is 184 Å². The van der Waals surface area contributed by atoms with Crippen molar-refractivity contribution in [2.45, 2.75) is 45.2 Å². The summed E-state index contributed by atoms with van der Waals surface area (Å²) in [5.41, 5.74) is 1.96. The van der Waals surface area contributed by atoms with Crippen LogP contribution in [0, 0.1) is 5.82 Å². The summed E-state index contributed by atoms with van der Waals surface area (Å²) in [5.74, 6) is -1.15. The van der Waals surface area contributed by atoms with Gasteiger partial charge in [-0.25, -0.2) is 12.8 Å². The number of nitrogens with one attached hydrogen (secondary N) is 1. The minimum absolute atomic E-state index is 0.127. The van der Waals surface area contributed by atoms with Gasteiger partial charge in [0.05, 0.1) is 11.9 Å². The summed E-state index contributed by atoms with van der Waals surface area (Å²) < 4.78 is 40.1. The first-order valence-electron chi connectivity index (χ1n) is 10.7. The Morgan fingerprint density at radius 3 is 2.32 bits per heavy atom. The van der Waals surface area contributed by atoms with Crippen LogP contribution in [0.4, 0.5) is 15.8 Å². The summed E-state index contributed by atoms with van der Waals surface area (Å²) in [6.45, 7) is 4.10. The number of hydrogen-bond donors (Lipinski definition) is 1. The van der Waals surface area contributed by atoms with Crippen molar-refractivity contribution in [2.75, 3.05) is 28.6 Å². The van der Waals surface area contributed by atoms with E-state index >= 15 is 0 Å². The third kappa shape index (κ3) is 5.76. The quantitative estimate of drug-likeness (QED) is 0.670. The average molecular weight is 448 g/mol. The predicted molar refractivity (Wildman–Crippen MR) is 122 cm³/mol. The van der Waals surface area contributed by atoms with E-state index in [1.165, 1.54) is 43.1 Å². The van der Waals surface area contributed by atoms with Crippen LogP contribution in [0.5, 0.6) is 0 Å². The van der Waals surface area contributed by atoms with Crippen molar-refractivity contribution in [1.82, 2.24) is 5.32 Å². The summed E-state index contributed by atoms with van der Waals surface area (Å²) in [7, 11) is -3.87. The van der Waals surface area contributed by atoms with E-state index in [1.54, 1.807) is 13.0 Å². The lowest BCUT2D eigenvalue weighted by Crippen LogP contribution is -2.49. The zero-order valence-corrected chi connectivity index (χ0v) is 18.9. The standard InChI is InChI=1S/C23H30FN3O3S/c1-3-21(27(31(2,29)30)22-10-6-5-9-20(22)24)23(28)25-17-18-11-13-19(14-12-18)26-15-7-4-8-16-26/h5-6,9-14,21H,3-4,7-8,15-17H2,1-2H3,(H,25,28)/t21-/m1/s1. The van der Waals surface area contributed by atoms with Crippen LogP contribution in [-0.2, 0) is 21.4 Å². The zero-order chi connectivity index (χ0) is 22.4. The third-order valence-corrected chi connectivity index (χ3v) is 6.71. The molecule has 1 aliphatic heterocycles. The number of anilines is 2. The molecule has 1 amide bonds. The fourth-order valence-corrected chi connectivity index (χ4v) is 5.16. The SMILES string of the molecule is CC[C@H](C(=O)NCc1ccc(N2CCCCC2)cc1)N(c1ccccc1F)S(C)(=O)=O. The second-order valence-electron chi connectivity index (χ2n) is 7.87. The summed E-state index contributed by atoms with van der Waals surface area (Å²) in [6.07, 6.45) is 4.87. The molecule has 0 aliphatic carbocycles. The van der Waals surface area contributed by atoms with Crippen LogP contribution in [0.15, 0.2) is 48.5 Å². The highest BCUT2D eigenvalue weighted by Gasteiger charge is 2.32. The second kappa shape index (κ2) is 10.1. The summed E-state index contributed by atoms with van der Waals surface area (Å²) >= 11 is 0. The van der Waals surface area contributed by atoms with Crippen molar-refractivity contribution in [2.24, 2.45) is 0 Å². The van der Waals surface area contributed by atoms with Crippen molar-refractivity contribution in [3.05, 3.63) is 59.9 Å². The molecule has 3 rings (SSSR count). The normalized spacial score (nSPS) is 15.4. The number of halogens is 1. The molecule has 6 nitrogen and oxygen atoms in total. The lowest BCUT2D eigenvalue weighted by molar-refractivity contribution is -0.122. The molecular formula is C23H30FN3O3S. The maximum Gasteiger partial charge on any atom is 0.244 e. The van der Waals surface area contributed by atoms with E-state index in [4.69, 9.17) is 0 Å². The van der Waals surface area contributed by atoms with Gasteiger partial charge in [0.2, 0.25) is 15.9 Å². The molecule has 1 saturated heterocycles. The number of para-hydroxylation sites is 1. The Hall–Kier alpha value is -2.61. The average Bonchev–Trinajstić information content (AvgIpc) is 2.76. The topological polar surface area (TPSA) is 69.7 Å². The Balaban J connectivity index is 1.70. The number of hydrogen-bond acceptors (Lipinski definition) is 4. The Morgan fingerprint density at radius 2 is 1.74 bits per heavy atom. The van der Waals surface area contributed by atoms with Crippen LogP contribution in [0.3, 0.4) is 0 Å². The van der Waals surface area contributed by atoms with E-state index in [1.807, 2.05) is 24.3 Å². The van der Waals surface area contributed by atoms with Gasteiger partial charge in [-0.15, -0.1) is 0 Å². The molecule has 1 N–H and O–H groups in total. The number of benzene rings is 2. The number of rotatable bonds is 8. The number of piperidine rings is 1. The number of carbonyl (C=O) groups excluding carboxylic acids is 1. The summed E-state index contributed by atoms with van der Waals surface area (Å²) in [6, 6.07) is 12.6. The van der Waals surface area contributed by atoms with E-state index < -0.39 is 27.8 Å². The molecule has 0 aromatic heterocycles. The molecule has 1 fully saturated rings. The van der Waals surface area contributed by atoms with E-state index in [9.17, 15) is 17.6 Å². The highest BCUT2D eigenvalue weighted by molar-refractivity contribution is 7.92. The van der Waals surface area contributed by atoms with Gasteiger partial charge in [0, 0.05) is 25.3 Å². The minimum atomic E-state index is -3.87. The summed E-state index contributed by atoms with van der Waals surface area (Å²) in [5, 5.41) is 2.81. The van der Waals surface area contributed by atoms with E-state index in [0.717, 1.165) is 29.2 Å².